The molecule has 1 heterocycles. The zero-order valence-corrected chi connectivity index (χ0v) is 10.8. The first kappa shape index (κ1) is 13.6. The van der Waals surface area contributed by atoms with Gasteiger partial charge in [0, 0.05) is 32.0 Å². The average molecular weight is 267 g/mol. The first-order valence-electron chi connectivity index (χ1n) is 6.03. The van der Waals surface area contributed by atoms with Gasteiger partial charge in [-0.25, -0.2) is 8.78 Å². The number of aromatic nitrogens is 2. The zero-order chi connectivity index (χ0) is 13.8. The predicted molar refractivity (Wildman–Crippen MR) is 65.5 cm³/mol. The van der Waals surface area contributed by atoms with Crippen molar-refractivity contribution in [3.8, 4) is 0 Å². The highest BCUT2D eigenvalue weighted by molar-refractivity contribution is 5.20. The lowest BCUT2D eigenvalue weighted by Gasteiger charge is -2.13. The molecule has 2 aromatic rings. The minimum absolute atomic E-state index is 0.154. The van der Waals surface area contributed by atoms with E-state index >= 15 is 0 Å². The van der Waals surface area contributed by atoms with Crippen LogP contribution in [0.25, 0.3) is 0 Å². The van der Waals surface area contributed by atoms with Crippen molar-refractivity contribution >= 4 is 0 Å². The molecule has 19 heavy (non-hydrogen) atoms. The molecular formula is C13H15F2N3O. The number of aryl methyl sites for hydroxylation is 1. The van der Waals surface area contributed by atoms with Gasteiger partial charge < -0.3 is 9.84 Å². The molecule has 2 rings (SSSR count). The lowest BCUT2D eigenvalue weighted by molar-refractivity contribution is 0.386. The van der Waals surface area contributed by atoms with Crippen molar-refractivity contribution in [1.29, 1.82) is 0 Å². The fourth-order valence-electron chi connectivity index (χ4n) is 1.79. The van der Waals surface area contributed by atoms with E-state index in [9.17, 15) is 8.78 Å². The topological polar surface area (TPSA) is 51.0 Å². The molecule has 1 atom stereocenters. The van der Waals surface area contributed by atoms with Crippen molar-refractivity contribution in [2.45, 2.75) is 26.3 Å². The molecular weight excluding hydrogens is 252 g/mol. The smallest absolute Gasteiger partial charge is 0.223 e. The Labute approximate surface area is 109 Å². The summed E-state index contributed by atoms with van der Waals surface area (Å²) in [6.45, 7) is 4.16. The van der Waals surface area contributed by atoms with Gasteiger partial charge >= 0.3 is 0 Å². The highest BCUT2D eigenvalue weighted by Gasteiger charge is 2.09. The van der Waals surface area contributed by atoms with Crippen molar-refractivity contribution in [3.05, 3.63) is 47.1 Å². The van der Waals surface area contributed by atoms with E-state index in [1.54, 1.807) is 6.92 Å². The number of rotatable bonds is 5. The highest BCUT2D eigenvalue weighted by Crippen LogP contribution is 2.15. The van der Waals surface area contributed by atoms with E-state index in [4.69, 9.17) is 4.52 Å². The lowest BCUT2D eigenvalue weighted by Crippen LogP contribution is -2.22. The van der Waals surface area contributed by atoms with Crippen LogP contribution in [0.15, 0.2) is 22.7 Å². The maximum atomic E-state index is 13.1. The normalized spacial score (nSPS) is 12.6. The van der Waals surface area contributed by atoms with Crippen molar-refractivity contribution in [2.75, 3.05) is 6.54 Å². The summed E-state index contributed by atoms with van der Waals surface area (Å²) in [5.74, 6) is -0.00671. The van der Waals surface area contributed by atoms with Crippen molar-refractivity contribution in [2.24, 2.45) is 0 Å². The van der Waals surface area contributed by atoms with E-state index < -0.39 is 11.6 Å². The van der Waals surface area contributed by atoms with Crippen molar-refractivity contribution < 1.29 is 13.3 Å². The Balaban J connectivity index is 1.88. The fraction of sp³-hybridized carbons (Fsp3) is 0.385. The molecule has 0 radical (unpaired) electrons. The van der Waals surface area contributed by atoms with Crippen LogP contribution in [-0.4, -0.2) is 16.7 Å². The summed E-state index contributed by atoms with van der Waals surface area (Å²) in [6.07, 6.45) is 0.597. The van der Waals surface area contributed by atoms with E-state index in [1.807, 2.05) is 6.92 Å². The Morgan fingerprint density at radius 2 is 1.95 bits per heavy atom. The van der Waals surface area contributed by atoms with Crippen LogP contribution in [0, 0.1) is 18.6 Å². The number of nitrogens with one attached hydrogen (secondary N) is 1. The first-order chi connectivity index (χ1) is 9.04. The molecule has 4 nitrogen and oxygen atoms in total. The molecule has 0 fully saturated rings. The molecule has 0 bridgehead atoms. The van der Waals surface area contributed by atoms with E-state index in [0.717, 1.165) is 6.07 Å². The Bertz CT molecular complexity index is 536. The van der Waals surface area contributed by atoms with E-state index in [1.165, 1.54) is 12.1 Å². The van der Waals surface area contributed by atoms with Crippen LogP contribution >= 0.6 is 0 Å². The molecule has 0 aliphatic rings. The molecule has 0 saturated heterocycles. The van der Waals surface area contributed by atoms with Gasteiger partial charge in [0.1, 0.15) is 11.6 Å². The van der Waals surface area contributed by atoms with E-state index in [-0.39, 0.29) is 6.04 Å². The van der Waals surface area contributed by atoms with Gasteiger partial charge in [-0.15, -0.1) is 0 Å². The van der Waals surface area contributed by atoms with E-state index in [2.05, 4.69) is 15.5 Å². The standard InChI is InChI=1S/C13H15F2N3O/c1-8(10-5-11(14)7-12(15)6-10)16-4-3-13-17-9(2)19-18-13/h5-8,16H,3-4H2,1-2H3. The molecule has 1 N–H and O–H groups in total. The summed E-state index contributed by atoms with van der Waals surface area (Å²) >= 11 is 0. The van der Waals surface area contributed by atoms with Gasteiger partial charge in [0.15, 0.2) is 5.82 Å². The van der Waals surface area contributed by atoms with Crippen LogP contribution < -0.4 is 5.32 Å². The Morgan fingerprint density at radius 1 is 1.26 bits per heavy atom. The van der Waals surface area contributed by atoms with Crippen molar-refractivity contribution in [3.63, 3.8) is 0 Å². The molecule has 0 saturated carbocycles. The first-order valence-corrected chi connectivity index (χ1v) is 6.03. The summed E-state index contributed by atoms with van der Waals surface area (Å²) in [4.78, 5) is 4.07. The summed E-state index contributed by atoms with van der Waals surface area (Å²) in [5, 5.41) is 6.92. The quantitative estimate of drug-likeness (QED) is 0.904. The fourth-order valence-corrected chi connectivity index (χ4v) is 1.79. The van der Waals surface area contributed by atoms with Gasteiger partial charge in [0.25, 0.3) is 0 Å². The molecule has 0 aliphatic carbocycles. The largest absolute Gasteiger partial charge is 0.340 e. The number of nitrogens with zero attached hydrogens (tertiary/aromatic N) is 2. The van der Waals surface area contributed by atoms with Gasteiger partial charge in [0.2, 0.25) is 5.89 Å². The van der Waals surface area contributed by atoms with Crippen LogP contribution in [0.3, 0.4) is 0 Å². The third kappa shape index (κ3) is 3.82. The molecule has 1 unspecified atom stereocenters. The number of halogens is 2. The SMILES string of the molecule is Cc1nc(CCNC(C)c2cc(F)cc(F)c2)no1. The summed E-state index contributed by atoms with van der Waals surface area (Å²) < 4.78 is 31.0. The molecule has 1 aromatic carbocycles. The Kier molecular flexibility index (Phi) is 4.21. The maximum Gasteiger partial charge on any atom is 0.223 e. The summed E-state index contributed by atoms with van der Waals surface area (Å²) in [7, 11) is 0. The lowest BCUT2D eigenvalue weighted by atomic mass is 10.1. The van der Waals surface area contributed by atoms with Gasteiger partial charge in [-0.05, 0) is 24.6 Å². The molecule has 0 aliphatic heterocycles. The maximum absolute atomic E-state index is 13.1. The van der Waals surface area contributed by atoms with Crippen molar-refractivity contribution in [1.82, 2.24) is 15.5 Å². The van der Waals surface area contributed by atoms with Gasteiger partial charge in [-0.2, -0.15) is 4.98 Å². The second-order valence-electron chi connectivity index (χ2n) is 4.36. The number of hydrogen-bond donors (Lipinski definition) is 1. The highest BCUT2D eigenvalue weighted by atomic mass is 19.1. The average Bonchev–Trinajstić information content (AvgIpc) is 2.73. The minimum atomic E-state index is -0.572. The molecule has 0 amide bonds. The van der Waals surface area contributed by atoms with Crippen LogP contribution in [0.2, 0.25) is 0 Å². The number of hydrogen-bond acceptors (Lipinski definition) is 4. The summed E-state index contributed by atoms with van der Waals surface area (Å²) in [6, 6.07) is 3.34. The second-order valence-corrected chi connectivity index (χ2v) is 4.36. The third-order valence-electron chi connectivity index (χ3n) is 2.75. The van der Waals surface area contributed by atoms with Crippen LogP contribution in [-0.2, 0) is 6.42 Å². The molecule has 102 valence electrons. The monoisotopic (exact) mass is 267 g/mol. The molecule has 0 spiro atoms. The van der Waals surface area contributed by atoms with Gasteiger partial charge in [0.05, 0.1) is 0 Å². The Morgan fingerprint density at radius 3 is 2.53 bits per heavy atom. The Hall–Kier alpha value is -1.82. The zero-order valence-electron chi connectivity index (χ0n) is 10.8. The minimum Gasteiger partial charge on any atom is -0.340 e. The summed E-state index contributed by atoms with van der Waals surface area (Å²) in [5.41, 5.74) is 0.571. The van der Waals surface area contributed by atoms with Crippen LogP contribution in [0.1, 0.15) is 30.2 Å². The van der Waals surface area contributed by atoms with Crippen LogP contribution in [0.4, 0.5) is 8.78 Å². The predicted octanol–water partition coefficient (Wildman–Crippen LogP) is 2.55. The third-order valence-corrected chi connectivity index (χ3v) is 2.75. The van der Waals surface area contributed by atoms with Crippen LogP contribution in [0.5, 0.6) is 0 Å². The van der Waals surface area contributed by atoms with E-state index in [0.29, 0.717) is 30.2 Å². The second kappa shape index (κ2) is 5.88. The molecule has 1 aromatic heterocycles. The molecule has 6 heteroatoms. The van der Waals surface area contributed by atoms with Gasteiger partial charge in [-0.1, -0.05) is 5.16 Å². The number of benzene rings is 1. The van der Waals surface area contributed by atoms with Gasteiger partial charge in [-0.3, -0.25) is 0 Å².